The number of hydrogen-bond donors (Lipinski definition) is 1. The van der Waals surface area contributed by atoms with Crippen LogP contribution >= 0.6 is 0 Å². The first-order chi connectivity index (χ1) is 12.2. The predicted molar refractivity (Wildman–Crippen MR) is 85.1 cm³/mol. The number of esters is 1. The van der Waals surface area contributed by atoms with Crippen LogP contribution in [0.2, 0.25) is 0 Å². The lowest BCUT2D eigenvalue weighted by Crippen LogP contribution is -2.38. The van der Waals surface area contributed by atoms with Crippen LogP contribution in [0.5, 0.6) is 11.5 Å². The summed E-state index contributed by atoms with van der Waals surface area (Å²) >= 11 is 0. The van der Waals surface area contributed by atoms with Gasteiger partial charge < -0.3 is 19.5 Å². The lowest BCUT2D eigenvalue weighted by molar-refractivity contribution is -0.124. The number of halogens is 2. The zero-order valence-corrected chi connectivity index (χ0v) is 14.6. The number of carbonyl (C=O) groups excluding carboxylic acids is 2. The third kappa shape index (κ3) is 5.55. The molecule has 0 radical (unpaired) electrons. The standard InChI is InChI=1S/C15H17F2NO7S/c1-23-12-6-9(2-3-11(12)25-15(16)17)14(20)24-7-13(19)18-10-4-5-26(21,22)8-10/h2-3,6,10,15H,4-5,7-8H2,1H3,(H,18,19)/t10-/m1/s1. The number of alkyl halides is 2. The number of nitrogens with one attached hydrogen (secondary N) is 1. The van der Waals surface area contributed by atoms with Gasteiger partial charge in [-0.2, -0.15) is 8.78 Å². The largest absolute Gasteiger partial charge is 0.493 e. The molecule has 1 aromatic carbocycles. The second kappa shape index (κ2) is 8.30. The Bertz CT molecular complexity index is 782. The number of rotatable bonds is 7. The third-order valence-corrected chi connectivity index (χ3v) is 5.32. The van der Waals surface area contributed by atoms with Gasteiger partial charge in [0.15, 0.2) is 27.9 Å². The first kappa shape index (κ1) is 19.9. The van der Waals surface area contributed by atoms with Crippen molar-refractivity contribution in [2.45, 2.75) is 19.1 Å². The summed E-state index contributed by atoms with van der Waals surface area (Å²) in [6.07, 6.45) is 0.310. The van der Waals surface area contributed by atoms with Crippen LogP contribution in [-0.2, 0) is 19.4 Å². The molecule has 1 N–H and O–H groups in total. The number of ether oxygens (including phenoxy) is 3. The number of carbonyl (C=O) groups is 2. The molecule has 26 heavy (non-hydrogen) atoms. The van der Waals surface area contributed by atoms with Crippen LogP contribution in [0.1, 0.15) is 16.8 Å². The van der Waals surface area contributed by atoms with Crippen LogP contribution in [0.4, 0.5) is 8.78 Å². The molecule has 0 aliphatic carbocycles. The summed E-state index contributed by atoms with van der Waals surface area (Å²) in [6.45, 7) is -3.66. The minimum atomic E-state index is -3.14. The Balaban J connectivity index is 1.90. The van der Waals surface area contributed by atoms with Gasteiger partial charge in [0.1, 0.15) is 0 Å². The SMILES string of the molecule is COc1cc(C(=O)OCC(=O)N[C@@H]2CCS(=O)(=O)C2)ccc1OC(F)F. The Morgan fingerprint density at radius 2 is 2.04 bits per heavy atom. The Morgan fingerprint density at radius 3 is 2.62 bits per heavy atom. The van der Waals surface area contributed by atoms with Gasteiger partial charge in [-0.15, -0.1) is 0 Å². The van der Waals surface area contributed by atoms with Gasteiger partial charge in [-0.25, -0.2) is 13.2 Å². The zero-order valence-electron chi connectivity index (χ0n) is 13.7. The van der Waals surface area contributed by atoms with Crippen LogP contribution in [-0.4, -0.2) is 58.2 Å². The molecule has 1 aromatic rings. The molecule has 0 bridgehead atoms. The summed E-state index contributed by atoms with van der Waals surface area (Å²) in [4.78, 5) is 23.7. The van der Waals surface area contributed by atoms with Gasteiger partial charge in [0.05, 0.1) is 24.2 Å². The lowest BCUT2D eigenvalue weighted by atomic mass is 10.2. The topological polar surface area (TPSA) is 108 Å². The van der Waals surface area contributed by atoms with Gasteiger partial charge in [0, 0.05) is 6.04 Å². The van der Waals surface area contributed by atoms with E-state index < -0.39 is 41.0 Å². The summed E-state index contributed by atoms with van der Waals surface area (Å²) in [6, 6.07) is 2.94. The fourth-order valence-electron chi connectivity index (χ4n) is 2.38. The first-order valence-electron chi connectivity index (χ1n) is 7.50. The van der Waals surface area contributed by atoms with Crippen molar-refractivity contribution >= 4 is 21.7 Å². The van der Waals surface area contributed by atoms with Gasteiger partial charge in [-0.1, -0.05) is 0 Å². The highest BCUT2D eigenvalue weighted by Gasteiger charge is 2.29. The van der Waals surface area contributed by atoms with Crippen LogP contribution < -0.4 is 14.8 Å². The first-order valence-corrected chi connectivity index (χ1v) is 9.32. The molecular weight excluding hydrogens is 376 g/mol. The minimum absolute atomic E-state index is 0.00453. The van der Waals surface area contributed by atoms with E-state index in [1.807, 2.05) is 0 Å². The molecule has 1 aliphatic rings. The maximum absolute atomic E-state index is 12.3. The number of amides is 1. The molecule has 0 saturated carbocycles. The van der Waals surface area contributed by atoms with Crippen molar-refractivity contribution in [3.05, 3.63) is 23.8 Å². The minimum Gasteiger partial charge on any atom is -0.493 e. The van der Waals surface area contributed by atoms with Crippen molar-refractivity contribution in [1.82, 2.24) is 5.32 Å². The van der Waals surface area contributed by atoms with E-state index >= 15 is 0 Å². The number of sulfone groups is 1. The van der Waals surface area contributed by atoms with Crippen molar-refractivity contribution in [2.24, 2.45) is 0 Å². The van der Waals surface area contributed by atoms with Crippen LogP contribution in [0.15, 0.2) is 18.2 Å². The average molecular weight is 393 g/mol. The monoisotopic (exact) mass is 393 g/mol. The molecule has 1 saturated heterocycles. The smallest absolute Gasteiger partial charge is 0.387 e. The van der Waals surface area contributed by atoms with Crippen molar-refractivity contribution in [2.75, 3.05) is 25.2 Å². The van der Waals surface area contributed by atoms with E-state index in [-0.39, 0.29) is 28.6 Å². The third-order valence-electron chi connectivity index (χ3n) is 3.55. The van der Waals surface area contributed by atoms with Gasteiger partial charge >= 0.3 is 12.6 Å². The summed E-state index contributed by atoms with van der Waals surface area (Å²) in [5, 5.41) is 2.47. The summed E-state index contributed by atoms with van der Waals surface area (Å²) in [5.74, 6) is -1.99. The zero-order chi connectivity index (χ0) is 19.3. The average Bonchev–Trinajstić information content (AvgIpc) is 2.91. The molecule has 0 unspecified atom stereocenters. The molecule has 144 valence electrons. The molecule has 0 spiro atoms. The second-order valence-corrected chi connectivity index (χ2v) is 7.72. The van der Waals surface area contributed by atoms with E-state index in [0.29, 0.717) is 6.42 Å². The van der Waals surface area contributed by atoms with Crippen molar-refractivity contribution in [3.63, 3.8) is 0 Å². The molecule has 8 nitrogen and oxygen atoms in total. The van der Waals surface area contributed by atoms with Crippen LogP contribution in [0.25, 0.3) is 0 Å². The highest BCUT2D eigenvalue weighted by atomic mass is 32.2. The summed E-state index contributed by atoms with van der Waals surface area (Å²) in [5.41, 5.74) is -0.0280. The Morgan fingerprint density at radius 1 is 1.31 bits per heavy atom. The van der Waals surface area contributed by atoms with Crippen LogP contribution in [0, 0.1) is 0 Å². The highest BCUT2D eigenvalue weighted by Crippen LogP contribution is 2.29. The molecule has 2 rings (SSSR count). The normalized spacial score (nSPS) is 18.4. The van der Waals surface area contributed by atoms with E-state index in [1.54, 1.807) is 0 Å². The Kier molecular flexibility index (Phi) is 6.35. The Labute approximate surface area is 148 Å². The van der Waals surface area contributed by atoms with E-state index in [2.05, 4.69) is 10.1 Å². The molecule has 0 aromatic heterocycles. The summed E-state index contributed by atoms with van der Waals surface area (Å²) < 4.78 is 61.1. The van der Waals surface area contributed by atoms with Gasteiger partial charge in [-0.05, 0) is 24.6 Å². The van der Waals surface area contributed by atoms with Crippen molar-refractivity contribution in [3.8, 4) is 11.5 Å². The molecule has 1 amide bonds. The van der Waals surface area contributed by atoms with Crippen LogP contribution in [0.3, 0.4) is 0 Å². The lowest BCUT2D eigenvalue weighted by Gasteiger charge is -2.12. The second-order valence-electron chi connectivity index (χ2n) is 5.49. The van der Waals surface area contributed by atoms with E-state index in [0.717, 1.165) is 12.1 Å². The van der Waals surface area contributed by atoms with Crippen molar-refractivity contribution in [1.29, 1.82) is 0 Å². The fourth-order valence-corrected chi connectivity index (χ4v) is 4.05. The van der Waals surface area contributed by atoms with E-state index in [1.165, 1.54) is 13.2 Å². The molecule has 1 aliphatic heterocycles. The predicted octanol–water partition coefficient (Wildman–Crippen LogP) is 0.757. The molecule has 1 atom stereocenters. The molecule has 1 heterocycles. The van der Waals surface area contributed by atoms with Gasteiger partial charge in [0.25, 0.3) is 5.91 Å². The van der Waals surface area contributed by atoms with E-state index in [4.69, 9.17) is 9.47 Å². The number of benzene rings is 1. The molecule has 1 fully saturated rings. The quantitative estimate of drug-likeness (QED) is 0.681. The fraction of sp³-hybridized carbons (Fsp3) is 0.467. The maximum Gasteiger partial charge on any atom is 0.387 e. The number of methoxy groups -OCH3 is 1. The molecular formula is C15H17F2NO7S. The Hall–Kier alpha value is -2.43. The maximum atomic E-state index is 12.3. The highest BCUT2D eigenvalue weighted by molar-refractivity contribution is 7.91. The number of hydrogen-bond acceptors (Lipinski definition) is 7. The van der Waals surface area contributed by atoms with E-state index in [9.17, 15) is 26.8 Å². The molecule has 11 heteroatoms. The van der Waals surface area contributed by atoms with Crippen molar-refractivity contribution < 1.29 is 41.0 Å². The summed E-state index contributed by atoms with van der Waals surface area (Å²) in [7, 11) is -1.92. The van der Waals surface area contributed by atoms with Gasteiger partial charge in [-0.3, -0.25) is 4.79 Å². The van der Waals surface area contributed by atoms with Gasteiger partial charge in [0.2, 0.25) is 0 Å².